The van der Waals surface area contributed by atoms with Gasteiger partial charge in [0, 0.05) is 12.5 Å². The van der Waals surface area contributed by atoms with Crippen LogP contribution in [0.1, 0.15) is 24.4 Å². The van der Waals surface area contributed by atoms with Gasteiger partial charge in [0.15, 0.2) is 0 Å². The van der Waals surface area contributed by atoms with Gasteiger partial charge in [0.1, 0.15) is 5.75 Å². The summed E-state index contributed by atoms with van der Waals surface area (Å²) in [5, 5.41) is 8.98. The largest absolute Gasteiger partial charge is 0.508 e. The van der Waals surface area contributed by atoms with E-state index in [0.29, 0.717) is 5.56 Å². The van der Waals surface area contributed by atoms with E-state index in [1.54, 1.807) is 0 Å². The van der Waals surface area contributed by atoms with E-state index in [2.05, 4.69) is 0 Å². The zero-order valence-electron chi connectivity index (χ0n) is 8.37. The summed E-state index contributed by atoms with van der Waals surface area (Å²) in [6.07, 6.45) is -5.21. The first-order valence-electron chi connectivity index (χ1n) is 4.50. The van der Waals surface area contributed by atoms with Crippen molar-refractivity contribution in [1.29, 1.82) is 0 Å². The summed E-state index contributed by atoms with van der Waals surface area (Å²) in [5.74, 6) is 0.0711. The minimum atomic E-state index is -4.17. The van der Waals surface area contributed by atoms with Crippen molar-refractivity contribution in [2.45, 2.75) is 25.1 Å². The zero-order valence-corrected chi connectivity index (χ0v) is 9.18. The third-order valence-corrected chi connectivity index (χ3v) is 2.06. The van der Waals surface area contributed by atoms with E-state index in [9.17, 15) is 13.2 Å². The van der Waals surface area contributed by atoms with Gasteiger partial charge in [-0.15, -0.1) is 12.4 Å². The molecule has 0 saturated heterocycles. The van der Waals surface area contributed by atoms with Gasteiger partial charge in [0.2, 0.25) is 0 Å². The van der Waals surface area contributed by atoms with E-state index in [4.69, 9.17) is 10.8 Å². The van der Waals surface area contributed by atoms with Crippen molar-refractivity contribution in [3.05, 3.63) is 29.8 Å². The summed E-state index contributed by atoms with van der Waals surface area (Å²) < 4.78 is 35.7. The van der Waals surface area contributed by atoms with E-state index in [0.717, 1.165) is 0 Å². The molecule has 0 amide bonds. The Balaban J connectivity index is 0.00000225. The quantitative estimate of drug-likeness (QED) is 0.872. The number of phenolic OH excluding ortho intramolecular Hbond substituents is 1. The Morgan fingerprint density at radius 1 is 1.19 bits per heavy atom. The minimum absolute atomic E-state index is 0. The molecule has 16 heavy (non-hydrogen) atoms. The molecule has 0 aliphatic rings. The molecule has 0 aromatic heterocycles. The standard InChI is InChI=1S/C10H12F3NO.ClH/c11-10(12,13)6-5-9(14)7-1-3-8(15)4-2-7;/h1-4,9,15H,5-6,14H2;1H/t9-;/m0./s1. The predicted octanol–water partition coefficient (Wildman–Crippen LogP) is 3.16. The average molecular weight is 256 g/mol. The second-order valence-corrected chi connectivity index (χ2v) is 3.35. The van der Waals surface area contributed by atoms with Crippen LogP contribution in [0.15, 0.2) is 24.3 Å². The van der Waals surface area contributed by atoms with E-state index in [-0.39, 0.29) is 24.6 Å². The molecular formula is C10H13ClF3NO. The molecule has 3 N–H and O–H groups in total. The maximum absolute atomic E-state index is 11.9. The average Bonchev–Trinajstić information content (AvgIpc) is 2.14. The predicted molar refractivity (Wildman–Crippen MR) is 57.6 cm³/mol. The smallest absolute Gasteiger partial charge is 0.389 e. The molecule has 0 fully saturated rings. The molecule has 2 nitrogen and oxygen atoms in total. The lowest BCUT2D eigenvalue weighted by molar-refractivity contribution is -0.136. The molecule has 0 aliphatic heterocycles. The first-order valence-corrected chi connectivity index (χ1v) is 4.50. The van der Waals surface area contributed by atoms with Crippen LogP contribution in [-0.2, 0) is 0 Å². The Hall–Kier alpha value is -0.940. The third kappa shape index (κ3) is 5.23. The van der Waals surface area contributed by atoms with Crippen LogP contribution in [-0.4, -0.2) is 11.3 Å². The summed E-state index contributed by atoms with van der Waals surface area (Å²) in [5.41, 5.74) is 6.17. The Kier molecular flexibility index (Phi) is 5.61. The monoisotopic (exact) mass is 255 g/mol. The Morgan fingerprint density at radius 2 is 1.69 bits per heavy atom. The molecule has 0 bridgehead atoms. The Labute approximate surface area is 97.7 Å². The van der Waals surface area contributed by atoms with E-state index in [1.165, 1.54) is 24.3 Å². The Bertz CT molecular complexity index is 313. The third-order valence-electron chi connectivity index (χ3n) is 2.06. The maximum atomic E-state index is 11.9. The van der Waals surface area contributed by atoms with Crippen LogP contribution in [0.2, 0.25) is 0 Å². The summed E-state index contributed by atoms with van der Waals surface area (Å²) in [4.78, 5) is 0. The highest BCUT2D eigenvalue weighted by molar-refractivity contribution is 5.85. The summed E-state index contributed by atoms with van der Waals surface area (Å²) >= 11 is 0. The van der Waals surface area contributed by atoms with Crippen LogP contribution in [0.5, 0.6) is 5.75 Å². The van der Waals surface area contributed by atoms with E-state index >= 15 is 0 Å². The van der Waals surface area contributed by atoms with Crippen LogP contribution in [0.25, 0.3) is 0 Å². The molecular weight excluding hydrogens is 243 g/mol. The first kappa shape index (κ1) is 15.1. The van der Waals surface area contributed by atoms with Gasteiger partial charge in [-0.05, 0) is 24.1 Å². The normalized spacial score (nSPS) is 13.0. The zero-order chi connectivity index (χ0) is 11.5. The molecule has 0 aliphatic carbocycles. The number of benzene rings is 1. The molecule has 0 heterocycles. The van der Waals surface area contributed by atoms with E-state index < -0.39 is 18.6 Å². The second kappa shape index (κ2) is 5.96. The van der Waals surface area contributed by atoms with Crippen molar-refractivity contribution in [3.8, 4) is 5.75 Å². The van der Waals surface area contributed by atoms with Crippen molar-refractivity contribution >= 4 is 12.4 Å². The number of alkyl halides is 3. The van der Waals surface area contributed by atoms with Crippen LogP contribution in [0, 0.1) is 0 Å². The molecule has 1 aromatic carbocycles. The van der Waals surface area contributed by atoms with Gasteiger partial charge in [0.05, 0.1) is 0 Å². The summed E-state index contributed by atoms with van der Waals surface area (Å²) in [6, 6.07) is 5.21. The van der Waals surface area contributed by atoms with Crippen LogP contribution < -0.4 is 5.73 Å². The van der Waals surface area contributed by atoms with Crippen molar-refractivity contribution in [2.75, 3.05) is 0 Å². The number of halogens is 4. The number of hydrogen-bond acceptors (Lipinski definition) is 2. The first-order chi connectivity index (χ1) is 6.88. The van der Waals surface area contributed by atoms with Gasteiger partial charge in [0.25, 0.3) is 0 Å². The van der Waals surface area contributed by atoms with Gasteiger partial charge in [-0.2, -0.15) is 13.2 Å². The fraction of sp³-hybridized carbons (Fsp3) is 0.400. The molecule has 0 radical (unpaired) electrons. The highest BCUT2D eigenvalue weighted by Gasteiger charge is 2.27. The van der Waals surface area contributed by atoms with Crippen LogP contribution in [0.4, 0.5) is 13.2 Å². The highest BCUT2D eigenvalue weighted by Crippen LogP contribution is 2.26. The van der Waals surface area contributed by atoms with Gasteiger partial charge in [-0.25, -0.2) is 0 Å². The number of nitrogens with two attached hydrogens (primary N) is 1. The van der Waals surface area contributed by atoms with Crippen LogP contribution >= 0.6 is 12.4 Å². The molecule has 1 aromatic rings. The highest BCUT2D eigenvalue weighted by atomic mass is 35.5. The van der Waals surface area contributed by atoms with E-state index in [1.807, 2.05) is 0 Å². The van der Waals surface area contributed by atoms with Gasteiger partial charge in [-0.3, -0.25) is 0 Å². The fourth-order valence-corrected chi connectivity index (χ4v) is 1.21. The van der Waals surface area contributed by atoms with Crippen molar-refractivity contribution in [3.63, 3.8) is 0 Å². The SMILES string of the molecule is Cl.N[C@@H](CCC(F)(F)F)c1ccc(O)cc1. The summed E-state index contributed by atoms with van der Waals surface area (Å²) in [7, 11) is 0. The van der Waals surface area contributed by atoms with Crippen LogP contribution in [0.3, 0.4) is 0 Å². The van der Waals surface area contributed by atoms with Gasteiger partial charge < -0.3 is 10.8 Å². The van der Waals surface area contributed by atoms with Crippen molar-refractivity contribution in [2.24, 2.45) is 5.73 Å². The molecule has 1 atom stereocenters. The lowest BCUT2D eigenvalue weighted by Gasteiger charge is -2.13. The molecule has 6 heteroatoms. The lowest BCUT2D eigenvalue weighted by atomic mass is 10.0. The lowest BCUT2D eigenvalue weighted by Crippen LogP contribution is -2.15. The Morgan fingerprint density at radius 3 is 2.12 bits per heavy atom. The number of hydrogen-bond donors (Lipinski definition) is 2. The van der Waals surface area contributed by atoms with Crippen molar-refractivity contribution < 1.29 is 18.3 Å². The second-order valence-electron chi connectivity index (χ2n) is 3.35. The van der Waals surface area contributed by atoms with Crippen molar-refractivity contribution in [1.82, 2.24) is 0 Å². The molecule has 0 saturated carbocycles. The maximum Gasteiger partial charge on any atom is 0.389 e. The van der Waals surface area contributed by atoms with Gasteiger partial charge in [-0.1, -0.05) is 12.1 Å². The molecule has 0 spiro atoms. The molecule has 1 rings (SSSR count). The molecule has 92 valence electrons. The number of rotatable bonds is 3. The number of phenols is 1. The topological polar surface area (TPSA) is 46.2 Å². The minimum Gasteiger partial charge on any atom is -0.508 e. The van der Waals surface area contributed by atoms with Gasteiger partial charge >= 0.3 is 6.18 Å². The molecule has 0 unspecified atom stereocenters. The summed E-state index contributed by atoms with van der Waals surface area (Å²) in [6.45, 7) is 0. The fourth-order valence-electron chi connectivity index (χ4n) is 1.21. The number of aromatic hydroxyl groups is 1.